The van der Waals surface area contributed by atoms with Crippen LogP contribution >= 0.6 is 11.8 Å². The number of nitrogens with zero attached hydrogens (tertiary/aromatic N) is 1. The molecule has 3 aromatic rings. The van der Waals surface area contributed by atoms with Crippen molar-refractivity contribution in [1.29, 1.82) is 0 Å². The van der Waals surface area contributed by atoms with Gasteiger partial charge in [0.15, 0.2) is 11.5 Å². The zero-order chi connectivity index (χ0) is 24.7. The molecule has 0 saturated heterocycles. The fourth-order valence-corrected chi connectivity index (χ4v) is 4.12. The van der Waals surface area contributed by atoms with Gasteiger partial charge in [0.2, 0.25) is 0 Å². The minimum atomic E-state index is -0.535. The Morgan fingerprint density at radius 3 is 2.35 bits per heavy atom. The van der Waals surface area contributed by atoms with Crippen LogP contribution in [0, 0.1) is 15.9 Å². The lowest BCUT2D eigenvalue weighted by atomic mass is 10.1. The summed E-state index contributed by atoms with van der Waals surface area (Å²) in [6.07, 6.45) is 0. The summed E-state index contributed by atoms with van der Waals surface area (Å²) in [4.78, 5) is 25.0. The summed E-state index contributed by atoms with van der Waals surface area (Å²) < 4.78 is 24.4. The minimum Gasteiger partial charge on any atom is -0.490 e. The monoisotopic (exact) mass is 484 g/mol. The van der Waals surface area contributed by atoms with Crippen LogP contribution in [0.1, 0.15) is 42.7 Å². The number of ether oxygens (including phenoxy) is 2. The highest BCUT2D eigenvalue weighted by Crippen LogP contribution is 2.36. The Balaban J connectivity index is 1.78. The number of hydrogen-bond donors (Lipinski definition) is 1. The van der Waals surface area contributed by atoms with Crippen molar-refractivity contribution in [3.8, 4) is 11.5 Å². The molecule has 0 bridgehead atoms. The van der Waals surface area contributed by atoms with Gasteiger partial charge >= 0.3 is 0 Å². The van der Waals surface area contributed by atoms with Crippen LogP contribution < -0.4 is 14.8 Å². The molecule has 34 heavy (non-hydrogen) atoms. The molecule has 0 radical (unpaired) electrons. The molecule has 0 aliphatic heterocycles. The average Bonchev–Trinajstić information content (AvgIpc) is 2.82. The zero-order valence-corrected chi connectivity index (χ0v) is 19.9. The lowest BCUT2D eigenvalue weighted by molar-refractivity contribution is -0.387. The highest BCUT2D eigenvalue weighted by molar-refractivity contribution is 7.99. The summed E-state index contributed by atoms with van der Waals surface area (Å²) in [7, 11) is 0. The maximum atomic E-state index is 13.1. The van der Waals surface area contributed by atoms with Gasteiger partial charge < -0.3 is 14.8 Å². The topological polar surface area (TPSA) is 90.7 Å². The van der Waals surface area contributed by atoms with E-state index in [0.29, 0.717) is 34.5 Å². The molecule has 7 nitrogen and oxygen atoms in total. The number of nitro benzene ring substituents is 1. The summed E-state index contributed by atoms with van der Waals surface area (Å²) in [5, 5.41) is 14.5. The summed E-state index contributed by atoms with van der Waals surface area (Å²) in [6, 6.07) is 15.0. The van der Waals surface area contributed by atoms with Crippen LogP contribution in [0.5, 0.6) is 11.5 Å². The van der Waals surface area contributed by atoms with Crippen molar-refractivity contribution in [3.63, 3.8) is 0 Å². The fraction of sp³-hybridized carbons (Fsp3) is 0.240. The number of nitro groups is 1. The van der Waals surface area contributed by atoms with Crippen LogP contribution in [0.25, 0.3) is 0 Å². The van der Waals surface area contributed by atoms with Gasteiger partial charge in [-0.25, -0.2) is 4.39 Å². The van der Waals surface area contributed by atoms with Gasteiger partial charge in [0.05, 0.1) is 29.1 Å². The van der Waals surface area contributed by atoms with Gasteiger partial charge in [-0.3, -0.25) is 14.9 Å². The van der Waals surface area contributed by atoms with E-state index in [0.717, 1.165) is 17.3 Å². The predicted octanol–water partition coefficient (Wildman–Crippen LogP) is 6.17. The Bertz CT molecular complexity index is 1170. The number of carbonyl (C=O) groups is 1. The van der Waals surface area contributed by atoms with E-state index in [1.54, 1.807) is 18.2 Å². The van der Waals surface area contributed by atoms with E-state index in [1.807, 2.05) is 32.9 Å². The Kier molecular flexibility index (Phi) is 8.48. The molecular weight excluding hydrogens is 459 g/mol. The van der Waals surface area contributed by atoms with E-state index in [1.165, 1.54) is 30.3 Å². The second kappa shape index (κ2) is 11.5. The third-order valence-electron chi connectivity index (χ3n) is 4.87. The first kappa shape index (κ1) is 25.0. The Labute approximate surface area is 201 Å². The first-order valence-electron chi connectivity index (χ1n) is 10.7. The summed E-state index contributed by atoms with van der Waals surface area (Å²) in [5.41, 5.74) is 0.769. The van der Waals surface area contributed by atoms with E-state index in [4.69, 9.17) is 9.47 Å². The molecule has 0 aliphatic rings. The minimum absolute atomic E-state index is 0.165. The van der Waals surface area contributed by atoms with Gasteiger partial charge in [-0.2, -0.15) is 0 Å². The quantitative estimate of drug-likeness (QED) is 0.273. The maximum Gasteiger partial charge on any atom is 0.284 e. The van der Waals surface area contributed by atoms with Crippen molar-refractivity contribution in [2.24, 2.45) is 0 Å². The lowest BCUT2D eigenvalue weighted by Crippen LogP contribution is -2.26. The van der Waals surface area contributed by atoms with Crippen molar-refractivity contribution < 1.29 is 23.6 Å². The third kappa shape index (κ3) is 6.26. The Morgan fingerprint density at radius 2 is 1.71 bits per heavy atom. The van der Waals surface area contributed by atoms with E-state index in [9.17, 15) is 19.3 Å². The number of hydrogen-bond acceptors (Lipinski definition) is 6. The first-order valence-corrected chi connectivity index (χ1v) is 11.6. The number of carbonyl (C=O) groups excluding carboxylic acids is 1. The van der Waals surface area contributed by atoms with Gasteiger partial charge in [-0.15, -0.1) is 0 Å². The normalized spacial score (nSPS) is 11.5. The first-order chi connectivity index (χ1) is 16.3. The molecule has 3 rings (SSSR count). The number of nitrogens with one attached hydrogen (secondary N) is 1. The molecule has 1 N–H and O–H groups in total. The van der Waals surface area contributed by atoms with Crippen molar-refractivity contribution in [2.75, 3.05) is 13.2 Å². The third-order valence-corrected chi connectivity index (χ3v) is 5.95. The van der Waals surface area contributed by atoms with Gasteiger partial charge in [0.25, 0.3) is 11.6 Å². The van der Waals surface area contributed by atoms with Crippen LogP contribution in [-0.2, 0) is 0 Å². The fourth-order valence-electron chi connectivity index (χ4n) is 3.22. The Hall–Kier alpha value is -3.59. The molecule has 1 atom stereocenters. The van der Waals surface area contributed by atoms with E-state index < -0.39 is 10.8 Å². The highest BCUT2D eigenvalue weighted by Gasteiger charge is 2.20. The van der Waals surface area contributed by atoms with Gasteiger partial charge in [-0.1, -0.05) is 17.8 Å². The molecule has 0 saturated carbocycles. The van der Waals surface area contributed by atoms with Gasteiger partial charge in [0.1, 0.15) is 5.82 Å². The molecule has 0 aromatic heterocycles. The van der Waals surface area contributed by atoms with Crippen LogP contribution in [0.2, 0.25) is 0 Å². The Morgan fingerprint density at radius 1 is 1.03 bits per heavy atom. The summed E-state index contributed by atoms with van der Waals surface area (Å²) in [6.45, 7) is 6.54. The molecule has 1 amide bonds. The second-order valence-electron chi connectivity index (χ2n) is 7.26. The molecule has 0 heterocycles. The molecule has 0 aliphatic carbocycles. The molecular formula is C25H25FN2O5S. The number of rotatable bonds is 10. The standard InChI is InChI=1S/C25H25FN2O5S/c1-4-32-22-12-6-17(15-23(22)33-5-2)16(3)27-25(29)18-7-13-24(21(14-18)28(30)31)34-20-10-8-19(26)9-11-20/h6-16H,4-5H2,1-3H3,(H,27,29)/t16-/m0/s1. The molecule has 3 aromatic carbocycles. The van der Waals surface area contributed by atoms with Crippen LogP contribution in [0.15, 0.2) is 70.5 Å². The van der Waals surface area contributed by atoms with Crippen molar-refractivity contribution >= 4 is 23.4 Å². The predicted molar refractivity (Wildman–Crippen MR) is 128 cm³/mol. The van der Waals surface area contributed by atoms with Crippen molar-refractivity contribution in [1.82, 2.24) is 5.32 Å². The average molecular weight is 485 g/mol. The van der Waals surface area contributed by atoms with Gasteiger partial charge in [0, 0.05) is 16.5 Å². The second-order valence-corrected chi connectivity index (χ2v) is 8.38. The van der Waals surface area contributed by atoms with Crippen LogP contribution in [0.4, 0.5) is 10.1 Å². The lowest BCUT2D eigenvalue weighted by Gasteiger charge is -2.17. The van der Waals surface area contributed by atoms with Gasteiger partial charge in [-0.05, 0) is 74.9 Å². The van der Waals surface area contributed by atoms with Crippen LogP contribution in [-0.4, -0.2) is 24.0 Å². The molecule has 178 valence electrons. The maximum absolute atomic E-state index is 13.1. The summed E-state index contributed by atoms with van der Waals surface area (Å²) >= 11 is 1.13. The van der Waals surface area contributed by atoms with E-state index >= 15 is 0 Å². The van der Waals surface area contributed by atoms with Crippen LogP contribution in [0.3, 0.4) is 0 Å². The number of benzene rings is 3. The molecule has 9 heteroatoms. The molecule has 0 unspecified atom stereocenters. The highest BCUT2D eigenvalue weighted by atomic mass is 32.2. The SMILES string of the molecule is CCOc1ccc([C@H](C)NC(=O)c2ccc(Sc3ccc(F)cc3)c([N+](=O)[O-])c2)cc1OCC. The van der Waals surface area contributed by atoms with E-state index in [-0.39, 0.29) is 23.1 Å². The van der Waals surface area contributed by atoms with Crippen molar-refractivity contribution in [2.45, 2.75) is 36.6 Å². The molecule has 0 fully saturated rings. The summed E-state index contributed by atoms with van der Waals surface area (Å²) in [5.74, 6) is 0.374. The number of amides is 1. The van der Waals surface area contributed by atoms with E-state index in [2.05, 4.69) is 5.32 Å². The molecule has 0 spiro atoms. The smallest absolute Gasteiger partial charge is 0.284 e. The zero-order valence-electron chi connectivity index (χ0n) is 19.0. The largest absolute Gasteiger partial charge is 0.490 e. The van der Waals surface area contributed by atoms with Crippen molar-refractivity contribution in [3.05, 3.63) is 87.7 Å². The number of halogens is 1.